The SMILES string of the molecule is CCCCCOc1ccc(CCc2ccc(CC)cn2)cc1. The van der Waals surface area contributed by atoms with Crippen LogP contribution in [0.15, 0.2) is 42.6 Å². The van der Waals surface area contributed by atoms with E-state index in [9.17, 15) is 0 Å². The van der Waals surface area contributed by atoms with Crippen molar-refractivity contribution in [1.29, 1.82) is 0 Å². The van der Waals surface area contributed by atoms with E-state index in [1.165, 1.54) is 24.0 Å². The zero-order chi connectivity index (χ0) is 15.6. The van der Waals surface area contributed by atoms with Gasteiger partial charge in [-0.2, -0.15) is 0 Å². The van der Waals surface area contributed by atoms with Gasteiger partial charge in [0.05, 0.1) is 6.61 Å². The normalized spacial score (nSPS) is 10.6. The van der Waals surface area contributed by atoms with Crippen molar-refractivity contribution >= 4 is 0 Å². The summed E-state index contributed by atoms with van der Waals surface area (Å²) in [5, 5.41) is 0. The third-order valence-corrected chi connectivity index (χ3v) is 3.90. The van der Waals surface area contributed by atoms with E-state index in [0.717, 1.165) is 43.7 Å². The lowest BCUT2D eigenvalue weighted by molar-refractivity contribution is 0.306. The first-order chi connectivity index (χ1) is 10.8. The molecule has 118 valence electrons. The number of rotatable bonds is 9. The second kappa shape index (κ2) is 9.24. The van der Waals surface area contributed by atoms with Gasteiger partial charge in [-0.3, -0.25) is 4.98 Å². The van der Waals surface area contributed by atoms with Gasteiger partial charge < -0.3 is 4.74 Å². The zero-order valence-corrected chi connectivity index (χ0v) is 13.8. The molecule has 1 aromatic carbocycles. The maximum Gasteiger partial charge on any atom is 0.119 e. The molecular weight excluding hydrogens is 270 g/mol. The first kappa shape index (κ1) is 16.5. The summed E-state index contributed by atoms with van der Waals surface area (Å²) in [6.45, 7) is 5.18. The molecular formula is C20H27NO. The maximum absolute atomic E-state index is 5.74. The molecule has 2 rings (SSSR count). The number of hydrogen-bond donors (Lipinski definition) is 0. The zero-order valence-electron chi connectivity index (χ0n) is 13.8. The summed E-state index contributed by atoms with van der Waals surface area (Å²) in [6, 6.07) is 12.8. The van der Waals surface area contributed by atoms with Gasteiger partial charge in [0.1, 0.15) is 5.75 Å². The predicted octanol–water partition coefficient (Wildman–Crippen LogP) is 5.00. The molecule has 0 saturated carbocycles. The number of hydrogen-bond acceptors (Lipinski definition) is 2. The number of nitrogens with zero attached hydrogens (tertiary/aromatic N) is 1. The Labute approximate surface area is 134 Å². The first-order valence-corrected chi connectivity index (χ1v) is 8.47. The van der Waals surface area contributed by atoms with Crippen molar-refractivity contribution in [1.82, 2.24) is 4.98 Å². The Bertz CT molecular complexity index is 531. The summed E-state index contributed by atoms with van der Waals surface area (Å²) in [4.78, 5) is 4.52. The Morgan fingerprint density at radius 2 is 1.64 bits per heavy atom. The Hall–Kier alpha value is -1.83. The van der Waals surface area contributed by atoms with Gasteiger partial charge in [0.25, 0.3) is 0 Å². The second-order valence-corrected chi connectivity index (χ2v) is 5.71. The fraction of sp³-hybridized carbons (Fsp3) is 0.450. The molecule has 2 aromatic rings. The minimum atomic E-state index is 0.820. The predicted molar refractivity (Wildman–Crippen MR) is 92.5 cm³/mol. The van der Waals surface area contributed by atoms with Crippen LogP contribution in [0.25, 0.3) is 0 Å². The van der Waals surface area contributed by atoms with Gasteiger partial charge in [0.15, 0.2) is 0 Å². The third-order valence-electron chi connectivity index (χ3n) is 3.90. The fourth-order valence-electron chi connectivity index (χ4n) is 2.38. The Balaban J connectivity index is 1.78. The lowest BCUT2D eigenvalue weighted by Gasteiger charge is -2.07. The summed E-state index contributed by atoms with van der Waals surface area (Å²) < 4.78 is 5.74. The molecule has 0 radical (unpaired) electrons. The molecule has 1 aromatic heterocycles. The maximum atomic E-state index is 5.74. The molecule has 0 saturated heterocycles. The Kier molecular flexibility index (Phi) is 6.95. The van der Waals surface area contributed by atoms with E-state index in [0.29, 0.717) is 0 Å². The Morgan fingerprint density at radius 3 is 2.27 bits per heavy atom. The quantitative estimate of drug-likeness (QED) is 0.608. The first-order valence-electron chi connectivity index (χ1n) is 8.47. The van der Waals surface area contributed by atoms with Gasteiger partial charge in [-0.05, 0) is 55.0 Å². The summed E-state index contributed by atoms with van der Waals surface area (Å²) in [5.41, 5.74) is 3.80. The van der Waals surface area contributed by atoms with Gasteiger partial charge in [-0.25, -0.2) is 0 Å². The number of aromatic nitrogens is 1. The van der Waals surface area contributed by atoms with E-state index in [1.54, 1.807) is 0 Å². The van der Waals surface area contributed by atoms with Crippen LogP contribution in [0.5, 0.6) is 5.75 Å². The van der Waals surface area contributed by atoms with Crippen molar-refractivity contribution in [3.8, 4) is 5.75 Å². The van der Waals surface area contributed by atoms with Crippen LogP contribution in [0.1, 0.15) is 49.9 Å². The standard InChI is InChI=1S/C20H27NO/c1-3-5-6-15-22-20-13-9-18(10-14-20)8-12-19-11-7-17(4-2)16-21-19/h7,9-11,13-14,16H,3-6,8,12,15H2,1-2H3. The average molecular weight is 297 g/mol. The highest BCUT2D eigenvalue weighted by molar-refractivity contribution is 5.28. The molecule has 22 heavy (non-hydrogen) atoms. The molecule has 0 atom stereocenters. The average Bonchev–Trinajstić information content (AvgIpc) is 2.58. The van der Waals surface area contributed by atoms with Crippen LogP contribution in [0, 0.1) is 0 Å². The number of unbranched alkanes of at least 4 members (excludes halogenated alkanes) is 2. The van der Waals surface area contributed by atoms with E-state index in [4.69, 9.17) is 4.74 Å². The van der Waals surface area contributed by atoms with Gasteiger partial charge in [0.2, 0.25) is 0 Å². The van der Waals surface area contributed by atoms with Crippen molar-refractivity contribution in [2.75, 3.05) is 6.61 Å². The highest BCUT2D eigenvalue weighted by Gasteiger charge is 1.99. The molecule has 0 aliphatic rings. The summed E-state index contributed by atoms with van der Waals surface area (Å²) in [5.74, 6) is 0.977. The smallest absolute Gasteiger partial charge is 0.119 e. The van der Waals surface area contributed by atoms with Crippen LogP contribution in [-0.4, -0.2) is 11.6 Å². The van der Waals surface area contributed by atoms with Gasteiger partial charge in [-0.15, -0.1) is 0 Å². The lowest BCUT2D eigenvalue weighted by Crippen LogP contribution is -1.98. The topological polar surface area (TPSA) is 22.1 Å². The van der Waals surface area contributed by atoms with Crippen molar-refractivity contribution in [3.05, 3.63) is 59.4 Å². The minimum absolute atomic E-state index is 0.820. The third kappa shape index (κ3) is 5.51. The molecule has 0 N–H and O–H groups in total. The van der Waals surface area contributed by atoms with Gasteiger partial charge in [-0.1, -0.05) is 44.9 Å². The van der Waals surface area contributed by atoms with E-state index in [-0.39, 0.29) is 0 Å². The second-order valence-electron chi connectivity index (χ2n) is 5.71. The lowest BCUT2D eigenvalue weighted by atomic mass is 10.1. The fourth-order valence-corrected chi connectivity index (χ4v) is 2.38. The van der Waals surface area contributed by atoms with Gasteiger partial charge >= 0.3 is 0 Å². The monoisotopic (exact) mass is 297 g/mol. The molecule has 0 amide bonds. The van der Waals surface area contributed by atoms with Crippen molar-refractivity contribution < 1.29 is 4.74 Å². The van der Waals surface area contributed by atoms with Crippen LogP contribution in [0.4, 0.5) is 0 Å². The van der Waals surface area contributed by atoms with Crippen molar-refractivity contribution in [3.63, 3.8) is 0 Å². The molecule has 0 spiro atoms. The van der Waals surface area contributed by atoms with Crippen LogP contribution in [-0.2, 0) is 19.3 Å². The van der Waals surface area contributed by atoms with Crippen LogP contribution >= 0.6 is 0 Å². The summed E-state index contributed by atoms with van der Waals surface area (Å²) in [6.07, 6.45) is 8.65. The summed E-state index contributed by atoms with van der Waals surface area (Å²) >= 11 is 0. The molecule has 0 aliphatic carbocycles. The van der Waals surface area contributed by atoms with Crippen LogP contribution < -0.4 is 4.74 Å². The molecule has 0 bridgehead atoms. The minimum Gasteiger partial charge on any atom is -0.494 e. The van der Waals surface area contributed by atoms with Crippen LogP contribution in [0.3, 0.4) is 0 Å². The number of benzene rings is 1. The van der Waals surface area contributed by atoms with Crippen molar-refractivity contribution in [2.24, 2.45) is 0 Å². The van der Waals surface area contributed by atoms with Gasteiger partial charge in [0, 0.05) is 11.9 Å². The highest BCUT2D eigenvalue weighted by Crippen LogP contribution is 2.14. The molecule has 0 aliphatic heterocycles. The van der Waals surface area contributed by atoms with E-state index in [1.807, 2.05) is 6.20 Å². The molecule has 2 heteroatoms. The van der Waals surface area contributed by atoms with E-state index >= 15 is 0 Å². The van der Waals surface area contributed by atoms with E-state index < -0.39 is 0 Å². The largest absolute Gasteiger partial charge is 0.494 e. The van der Waals surface area contributed by atoms with Crippen molar-refractivity contribution in [2.45, 2.75) is 52.4 Å². The molecule has 1 heterocycles. The number of ether oxygens (including phenoxy) is 1. The molecule has 0 fully saturated rings. The van der Waals surface area contributed by atoms with E-state index in [2.05, 4.69) is 55.2 Å². The number of pyridine rings is 1. The Morgan fingerprint density at radius 1 is 0.864 bits per heavy atom. The molecule has 0 unspecified atom stereocenters. The molecule has 2 nitrogen and oxygen atoms in total. The summed E-state index contributed by atoms with van der Waals surface area (Å²) in [7, 11) is 0. The number of aryl methyl sites for hydroxylation is 3. The van der Waals surface area contributed by atoms with Crippen LogP contribution in [0.2, 0.25) is 0 Å². The highest BCUT2D eigenvalue weighted by atomic mass is 16.5.